The highest BCUT2D eigenvalue weighted by molar-refractivity contribution is 14.1. The molecule has 0 bridgehead atoms. The van der Waals surface area contributed by atoms with Crippen LogP contribution in [0.4, 0.5) is 16.4 Å². The van der Waals surface area contributed by atoms with Crippen LogP contribution in [-0.4, -0.2) is 25.9 Å². The minimum atomic E-state index is -4.13. The van der Waals surface area contributed by atoms with Crippen LogP contribution in [0.25, 0.3) is 0 Å². The van der Waals surface area contributed by atoms with E-state index in [1.54, 1.807) is 47.8 Å². The molecule has 0 aliphatic heterocycles. The second kappa shape index (κ2) is 11.8. The first-order chi connectivity index (χ1) is 15.9. The van der Waals surface area contributed by atoms with E-state index < -0.39 is 15.4 Å². The van der Waals surface area contributed by atoms with Crippen LogP contribution in [-0.2, 0) is 16.5 Å². The Morgan fingerprint density at radius 1 is 1.09 bits per heavy atom. The van der Waals surface area contributed by atoms with Gasteiger partial charge in [-0.3, -0.25) is 0 Å². The van der Waals surface area contributed by atoms with Gasteiger partial charge in [-0.25, -0.2) is 0 Å². The quantitative estimate of drug-likeness (QED) is 0.0892. The summed E-state index contributed by atoms with van der Waals surface area (Å²) >= 11 is 3.44. The molecule has 1 unspecified atom stereocenters. The summed E-state index contributed by atoms with van der Waals surface area (Å²) < 4.78 is 33.2. The number of nitrogens with zero attached hydrogens (tertiary/aromatic N) is 2. The van der Waals surface area contributed by atoms with Crippen molar-refractivity contribution in [3.05, 3.63) is 76.0 Å². The Bertz CT molecular complexity index is 1140. The summed E-state index contributed by atoms with van der Waals surface area (Å²) in [7, 11) is -4.13. The molecule has 1 atom stereocenters. The number of thiophene rings is 1. The van der Waals surface area contributed by atoms with E-state index in [1.807, 2.05) is 12.1 Å². The monoisotopic (exact) mass is 599 g/mol. The van der Waals surface area contributed by atoms with Gasteiger partial charge >= 0.3 is 10.1 Å². The van der Waals surface area contributed by atoms with Crippen LogP contribution in [0.1, 0.15) is 29.7 Å². The van der Waals surface area contributed by atoms with E-state index in [9.17, 15) is 13.3 Å². The molecule has 1 heterocycles. The molecule has 0 amide bonds. The summed E-state index contributed by atoms with van der Waals surface area (Å²) in [5.74, 6) is 0.225. The SMILES string of the molecule is CCCN(CCI)c1ccc(OS(=O)(=O)C(Cc2ccc(N)cc2)c2ccsc2N=O)cc1. The van der Waals surface area contributed by atoms with E-state index in [0.717, 1.165) is 46.5 Å². The van der Waals surface area contributed by atoms with Gasteiger partial charge in [-0.15, -0.1) is 16.2 Å². The summed E-state index contributed by atoms with van der Waals surface area (Å²) in [5.41, 5.74) is 8.45. The molecule has 0 aliphatic rings. The third-order valence-electron chi connectivity index (χ3n) is 5.12. The van der Waals surface area contributed by atoms with Crippen molar-refractivity contribution in [1.29, 1.82) is 0 Å². The highest BCUT2D eigenvalue weighted by Gasteiger charge is 2.33. The van der Waals surface area contributed by atoms with Crippen LogP contribution < -0.4 is 14.8 Å². The fourth-order valence-corrected chi connectivity index (χ4v) is 6.30. The largest absolute Gasteiger partial charge is 0.399 e. The fourth-order valence-electron chi connectivity index (χ4n) is 3.51. The number of nitrogens with two attached hydrogens (primary N) is 1. The lowest BCUT2D eigenvalue weighted by molar-refractivity contribution is 0.471. The minimum absolute atomic E-state index is 0.125. The lowest BCUT2D eigenvalue weighted by atomic mass is 10.1. The first-order valence-corrected chi connectivity index (χ1v) is 14.3. The molecule has 2 aromatic carbocycles. The van der Waals surface area contributed by atoms with E-state index in [4.69, 9.17) is 9.92 Å². The smallest absolute Gasteiger partial charge is 0.316 e. The first-order valence-electron chi connectivity index (χ1n) is 10.5. The lowest BCUT2D eigenvalue weighted by Crippen LogP contribution is -2.26. The number of alkyl halides is 1. The van der Waals surface area contributed by atoms with Crippen molar-refractivity contribution in [1.82, 2.24) is 0 Å². The number of benzene rings is 2. The zero-order valence-corrected chi connectivity index (χ0v) is 22.0. The predicted octanol–water partition coefficient (Wildman–Crippen LogP) is 6.07. The number of anilines is 2. The minimum Gasteiger partial charge on any atom is -0.399 e. The number of hydrogen-bond donors (Lipinski definition) is 1. The van der Waals surface area contributed by atoms with Crippen molar-refractivity contribution < 1.29 is 12.6 Å². The Labute approximate surface area is 212 Å². The molecule has 0 saturated heterocycles. The number of halogens is 1. The molecular weight excluding hydrogens is 573 g/mol. The van der Waals surface area contributed by atoms with Gasteiger partial charge in [0.05, 0.1) is 0 Å². The van der Waals surface area contributed by atoms with Crippen molar-refractivity contribution in [2.75, 3.05) is 28.2 Å². The molecule has 0 fully saturated rings. The maximum atomic E-state index is 13.4. The summed E-state index contributed by atoms with van der Waals surface area (Å²) in [5, 5.41) is 3.71. The third kappa shape index (κ3) is 6.67. The Kier molecular flexibility index (Phi) is 9.10. The summed E-state index contributed by atoms with van der Waals surface area (Å²) in [6.07, 6.45) is 1.14. The summed E-state index contributed by atoms with van der Waals surface area (Å²) in [4.78, 5) is 13.5. The van der Waals surface area contributed by atoms with Gasteiger partial charge < -0.3 is 14.8 Å². The molecule has 7 nitrogen and oxygen atoms in total. The van der Waals surface area contributed by atoms with Crippen molar-refractivity contribution in [3.63, 3.8) is 0 Å². The van der Waals surface area contributed by atoms with Gasteiger partial charge in [-0.2, -0.15) is 8.42 Å². The normalized spacial score (nSPS) is 12.3. The molecule has 1 aromatic heterocycles. The molecule has 0 radical (unpaired) electrons. The van der Waals surface area contributed by atoms with E-state index in [-0.39, 0.29) is 17.2 Å². The average Bonchev–Trinajstić information content (AvgIpc) is 3.27. The Balaban J connectivity index is 1.88. The van der Waals surface area contributed by atoms with Crippen LogP contribution in [0.15, 0.2) is 65.2 Å². The predicted molar refractivity (Wildman–Crippen MR) is 144 cm³/mol. The first kappa shape index (κ1) is 25.4. The van der Waals surface area contributed by atoms with Crippen LogP contribution in [0, 0.1) is 4.91 Å². The van der Waals surface area contributed by atoms with Crippen LogP contribution in [0.2, 0.25) is 0 Å². The Hall–Kier alpha value is -2.18. The molecule has 2 N–H and O–H groups in total. The highest BCUT2D eigenvalue weighted by Crippen LogP contribution is 2.38. The molecule has 3 rings (SSSR count). The van der Waals surface area contributed by atoms with E-state index in [2.05, 4.69) is 39.6 Å². The molecule has 33 heavy (non-hydrogen) atoms. The summed E-state index contributed by atoms with van der Waals surface area (Å²) in [6, 6.07) is 15.6. The zero-order chi connectivity index (χ0) is 23.8. The van der Waals surface area contributed by atoms with Crippen LogP contribution in [0.3, 0.4) is 0 Å². The highest BCUT2D eigenvalue weighted by atomic mass is 127. The van der Waals surface area contributed by atoms with Gasteiger partial charge in [0, 0.05) is 34.5 Å². The Morgan fingerprint density at radius 2 is 1.79 bits per heavy atom. The Morgan fingerprint density at radius 3 is 2.39 bits per heavy atom. The fraction of sp³-hybridized carbons (Fsp3) is 0.304. The van der Waals surface area contributed by atoms with Crippen molar-refractivity contribution in [2.45, 2.75) is 25.0 Å². The standard InChI is InChI=1S/C23H26IN3O4S2/c1-2-13-27(14-12-24)19-7-9-20(10-8-19)31-33(29,30)22(21-11-15-32-23(21)26-28)16-17-3-5-18(25)6-4-17/h3-11,15,22H,2,12-14,16,25H2,1H3. The number of rotatable bonds is 12. The number of hydrogen-bond acceptors (Lipinski definition) is 8. The van der Waals surface area contributed by atoms with Crippen molar-refractivity contribution >= 4 is 60.4 Å². The molecule has 176 valence electrons. The van der Waals surface area contributed by atoms with Crippen molar-refractivity contribution in [2.24, 2.45) is 5.18 Å². The van der Waals surface area contributed by atoms with Gasteiger partial charge in [0.25, 0.3) is 0 Å². The second-order valence-corrected chi connectivity index (χ2v) is 11.1. The van der Waals surface area contributed by atoms with Gasteiger partial charge in [0.1, 0.15) is 11.0 Å². The number of nitrogen functional groups attached to an aromatic ring is 1. The molecule has 0 aliphatic carbocycles. The van der Waals surface area contributed by atoms with E-state index in [1.165, 1.54) is 0 Å². The van der Waals surface area contributed by atoms with Gasteiger partial charge in [-0.1, -0.05) is 41.6 Å². The van der Waals surface area contributed by atoms with Gasteiger partial charge in [0.15, 0.2) is 5.00 Å². The molecule has 10 heteroatoms. The third-order valence-corrected chi connectivity index (χ3v) is 7.95. The zero-order valence-electron chi connectivity index (χ0n) is 18.2. The van der Waals surface area contributed by atoms with Gasteiger partial charge in [0.2, 0.25) is 0 Å². The topological polar surface area (TPSA) is 102 Å². The van der Waals surface area contributed by atoms with E-state index >= 15 is 0 Å². The average molecular weight is 600 g/mol. The molecular formula is C23H26IN3O4S2. The van der Waals surface area contributed by atoms with Gasteiger partial charge in [-0.05, 0) is 71.4 Å². The molecule has 0 spiro atoms. The molecule has 3 aromatic rings. The van der Waals surface area contributed by atoms with Crippen LogP contribution >= 0.6 is 33.9 Å². The van der Waals surface area contributed by atoms with Crippen molar-refractivity contribution in [3.8, 4) is 5.75 Å². The summed E-state index contributed by atoms with van der Waals surface area (Å²) in [6.45, 7) is 3.96. The molecule has 0 saturated carbocycles. The maximum absolute atomic E-state index is 13.4. The maximum Gasteiger partial charge on any atom is 0.316 e. The number of nitroso groups, excluding NO2 is 1. The van der Waals surface area contributed by atoms with E-state index in [0.29, 0.717) is 11.3 Å². The second-order valence-electron chi connectivity index (χ2n) is 7.45. The van der Waals surface area contributed by atoms with Crippen LogP contribution in [0.5, 0.6) is 5.75 Å². The lowest BCUT2D eigenvalue weighted by Gasteiger charge is -2.23.